The van der Waals surface area contributed by atoms with Crippen LogP contribution in [0.3, 0.4) is 0 Å². The number of nitrogens with one attached hydrogen (secondary N) is 2. The van der Waals surface area contributed by atoms with Crippen LogP contribution in [0.1, 0.15) is 6.42 Å². The van der Waals surface area contributed by atoms with Crippen molar-refractivity contribution >= 4 is 46.4 Å². The second kappa shape index (κ2) is 6.70. The molecular weight excluding hydrogens is 379 g/mol. The van der Waals surface area contributed by atoms with Crippen molar-refractivity contribution in [2.45, 2.75) is 6.42 Å². The second-order valence-electron chi connectivity index (χ2n) is 6.09. The van der Waals surface area contributed by atoms with Crippen LogP contribution in [0.5, 0.6) is 11.5 Å². The highest BCUT2D eigenvalue weighted by Crippen LogP contribution is 2.42. The van der Waals surface area contributed by atoms with Gasteiger partial charge in [0.05, 0.1) is 27.6 Å². The lowest BCUT2D eigenvalue weighted by Gasteiger charge is -2.09. The smallest absolute Gasteiger partial charge is 0.231 e. The third kappa shape index (κ3) is 3.30. The molecule has 2 atom stereocenters. The van der Waals surface area contributed by atoms with Gasteiger partial charge in [-0.15, -0.1) is 0 Å². The molecule has 8 heteroatoms. The number of para-hydroxylation sites is 1. The van der Waals surface area contributed by atoms with E-state index in [0.29, 0.717) is 39.3 Å². The van der Waals surface area contributed by atoms with E-state index in [-0.39, 0.29) is 24.5 Å². The fraction of sp³-hybridized carbons (Fsp3) is 0.222. The molecule has 2 aromatic rings. The SMILES string of the molecule is O=C(Nc1ccc2c(c1)OCO2)C1CC1C(=O)Nc1c(Cl)cccc1Cl. The predicted molar refractivity (Wildman–Crippen MR) is 97.9 cm³/mol. The lowest BCUT2D eigenvalue weighted by molar-refractivity contribution is -0.122. The summed E-state index contributed by atoms with van der Waals surface area (Å²) in [6.07, 6.45) is 0.476. The van der Waals surface area contributed by atoms with Gasteiger partial charge in [0.25, 0.3) is 0 Å². The third-order valence-electron chi connectivity index (χ3n) is 4.32. The number of hydrogen-bond donors (Lipinski definition) is 2. The summed E-state index contributed by atoms with van der Waals surface area (Å²) in [7, 11) is 0. The Morgan fingerprint density at radius 3 is 2.31 bits per heavy atom. The van der Waals surface area contributed by atoms with Crippen LogP contribution < -0.4 is 20.1 Å². The van der Waals surface area contributed by atoms with Crippen molar-refractivity contribution in [1.29, 1.82) is 0 Å². The number of hydrogen-bond acceptors (Lipinski definition) is 4. The minimum absolute atomic E-state index is 0.169. The Morgan fingerprint density at radius 2 is 1.58 bits per heavy atom. The average Bonchev–Trinajstić information content (AvgIpc) is 3.29. The van der Waals surface area contributed by atoms with E-state index in [9.17, 15) is 9.59 Å². The first-order valence-corrected chi connectivity index (χ1v) is 8.74. The Labute approximate surface area is 159 Å². The summed E-state index contributed by atoms with van der Waals surface area (Å²) in [6.45, 7) is 0.169. The molecule has 1 saturated carbocycles. The number of ether oxygens (including phenoxy) is 2. The number of benzene rings is 2. The number of carbonyl (C=O) groups is 2. The monoisotopic (exact) mass is 392 g/mol. The van der Waals surface area contributed by atoms with E-state index in [1.807, 2.05) is 0 Å². The highest BCUT2D eigenvalue weighted by atomic mass is 35.5. The van der Waals surface area contributed by atoms with Crippen LogP contribution in [0, 0.1) is 11.8 Å². The molecule has 6 nitrogen and oxygen atoms in total. The molecule has 2 unspecified atom stereocenters. The topological polar surface area (TPSA) is 76.7 Å². The Bertz CT molecular complexity index is 883. The van der Waals surface area contributed by atoms with Gasteiger partial charge in [-0.3, -0.25) is 9.59 Å². The maximum absolute atomic E-state index is 12.4. The quantitative estimate of drug-likeness (QED) is 0.825. The molecule has 2 N–H and O–H groups in total. The van der Waals surface area contributed by atoms with Crippen LogP contribution in [0.2, 0.25) is 10.0 Å². The molecule has 2 aromatic carbocycles. The van der Waals surface area contributed by atoms with Crippen LogP contribution in [0.25, 0.3) is 0 Å². The van der Waals surface area contributed by atoms with Crippen molar-refractivity contribution in [3.05, 3.63) is 46.4 Å². The van der Waals surface area contributed by atoms with E-state index in [1.165, 1.54) is 0 Å². The molecular formula is C18H14Cl2N2O4. The fourth-order valence-corrected chi connectivity index (χ4v) is 3.31. The number of fused-ring (bicyclic) bond motifs is 1. The summed E-state index contributed by atoms with van der Waals surface area (Å²) < 4.78 is 10.5. The van der Waals surface area contributed by atoms with Gasteiger partial charge in [-0.25, -0.2) is 0 Å². The van der Waals surface area contributed by atoms with Gasteiger partial charge in [0.1, 0.15) is 0 Å². The molecule has 0 saturated heterocycles. The molecule has 0 radical (unpaired) electrons. The highest BCUT2D eigenvalue weighted by molar-refractivity contribution is 6.39. The summed E-state index contributed by atoms with van der Waals surface area (Å²) in [5.41, 5.74) is 0.960. The summed E-state index contributed by atoms with van der Waals surface area (Å²) in [5.74, 6) is -0.0531. The van der Waals surface area contributed by atoms with E-state index < -0.39 is 5.92 Å². The Morgan fingerprint density at radius 1 is 0.923 bits per heavy atom. The lowest BCUT2D eigenvalue weighted by Crippen LogP contribution is -2.20. The first-order chi connectivity index (χ1) is 12.5. The van der Waals surface area contributed by atoms with Gasteiger partial charge in [-0.05, 0) is 30.7 Å². The Kier molecular flexibility index (Phi) is 4.38. The molecule has 0 spiro atoms. The summed E-state index contributed by atoms with van der Waals surface area (Å²) >= 11 is 12.1. The molecule has 4 rings (SSSR count). The molecule has 0 bridgehead atoms. The summed E-state index contributed by atoms with van der Waals surface area (Å²) in [4.78, 5) is 24.7. The van der Waals surface area contributed by atoms with E-state index >= 15 is 0 Å². The van der Waals surface area contributed by atoms with Gasteiger partial charge in [-0.1, -0.05) is 29.3 Å². The van der Waals surface area contributed by atoms with Gasteiger partial charge in [0, 0.05) is 11.8 Å². The molecule has 2 amide bonds. The third-order valence-corrected chi connectivity index (χ3v) is 4.94. The number of rotatable bonds is 4. The van der Waals surface area contributed by atoms with Gasteiger partial charge < -0.3 is 20.1 Å². The van der Waals surface area contributed by atoms with Gasteiger partial charge in [0.15, 0.2) is 11.5 Å². The standard InChI is InChI=1S/C18H14Cl2N2O4/c19-12-2-1-3-13(20)16(12)22-18(24)11-7-10(11)17(23)21-9-4-5-14-15(6-9)26-8-25-14/h1-6,10-11H,7-8H2,(H,21,23)(H,22,24). The minimum Gasteiger partial charge on any atom is -0.454 e. The first kappa shape index (κ1) is 17.0. The summed E-state index contributed by atoms with van der Waals surface area (Å²) in [6, 6.07) is 10.1. The molecule has 1 heterocycles. The molecule has 1 fully saturated rings. The highest BCUT2D eigenvalue weighted by Gasteiger charge is 2.48. The van der Waals surface area contributed by atoms with Crippen LogP contribution in [-0.2, 0) is 9.59 Å². The molecule has 2 aliphatic rings. The maximum atomic E-state index is 12.4. The Balaban J connectivity index is 1.37. The van der Waals surface area contributed by atoms with Crippen molar-refractivity contribution in [3.63, 3.8) is 0 Å². The maximum Gasteiger partial charge on any atom is 0.231 e. The zero-order chi connectivity index (χ0) is 18.3. The van der Waals surface area contributed by atoms with Gasteiger partial charge >= 0.3 is 0 Å². The van der Waals surface area contributed by atoms with Gasteiger partial charge in [-0.2, -0.15) is 0 Å². The predicted octanol–water partition coefficient (Wildman–Crippen LogP) is 3.94. The second-order valence-corrected chi connectivity index (χ2v) is 6.91. The zero-order valence-electron chi connectivity index (χ0n) is 13.4. The van der Waals surface area contributed by atoms with Gasteiger partial charge in [0.2, 0.25) is 18.6 Å². The van der Waals surface area contributed by atoms with Crippen LogP contribution in [0.15, 0.2) is 36.4 Å². The van der Waals surface area contributed by atoms with Crippen LogP contribution >= 0.6 is 23.2 Å². The van der Waals surface area contributed by atoms with Crippen molar-refractivity contribution < 1.29 is 19.1 Å². The largest absolute Gasteiger partial charge is 0.454 e. The lowest BCUT2D eigenvalue weighted by atomic mass is 10.2. The molecule has 134 valence electrons. The number of carbonyl (C=O) groups excluding carboxylic acids is 2. The van der Waals surface area contributed by atoms with Crippen molar-refractivity contribution in [2.24, 2.45) is 11.8 Å². The molecule has 1 aliphatic carbocycles. The summed E-state index contributed by atoms with van der Waals surface area (Å²) in [5, 5.41) is 6.21. The minimum atomic E-state index is -0.406. The zero-order valence-corrected chi connectivity index (χ0v) is 14.9. The Hall–Kier alpha value is -2.44. The average molecular weight is 393 g/mol. The number of halogens is 2. The van der Waals surface area contributed by atoms with Crippen molar-refractivity contribution in [3.8, 4) is 11.5 Å². The molecule has 1 aliphatic heterocycles. The van der Waals surface area contributed by atoms with Crippen molar-refractivity contribution in [2.75, 3.05) is 17.4 Å². The fourth-order valence-electron chi connectivity index (χ4n) is 2.82. The normalized spacial score (nSPS) is 19.8. The van der Waals surface area contributed by atoms with E-state index in [0.717, 1.165) is 0 Å². The molecule has 26 heavy (non-hydrogen) atoms. The number of amides is 2. The van der Waals surface area contributed by atoms with Crippen molar-refractivity contribution in [1.82, 2.24) is 0 Å². The van der Waals surface area contributed by atoms with E-state index in [1.54, 1.807) is 36.4 Å². The number of anilines is 2. The molecule has 0 aromatic heterocycles. The van der Waals surface area contributed by atoms with E-state index in [2.05, 4.69) is 10.6 Å². The first-order valence-electron chi connectivity index (χ1n) is 7.98. The van der Waals surface area contributed by atoms with Crippen LogP contribution in [0.4, 0.5) is 11.4 Å². The van der Waals surface area contributed by atoms with E-state index in [4.69, 9.17) is 32.7 Å². The van der Waals surface area contributed by atoms with Crippen LogP contribution in [-0.4, -0.2) is 18.6 Å².